The van der Waals surface area contributed by atoms with Gasteiger partial charge in [0.2, 0.25) is 0 Å². The van der Waals surface area contributed by atoms with E-state index in [1.165, 1.54) is 43.1 Å². The number of benzene rings is 2. The molecule has 0 aliphatic carbocycles. The predicted molar refractivity (Wildman–Crippen MR) is 118 cm³/mol. The van der Waals surface area contributed by atoms with Gasteiger partial charge < -0.3 is 9.47 Å². The van der Waals surface area contributed by atoms with Gasteiger partial charge in [-0.25, -0.2) is 0 Å². The zero-order chi connectivity index (χ0) is 19.3. The molecule has 0 amide bonds. The first-order valence-electron chi connectivity index (χ1n) is 10.7. The van der Waals surface area contributed by atoms with Gasteiger partial charge in [-0.3, -0.25) is 0 Å². The fraction of sp³-hybridized carbons (Fsp3) is 0.583. The summed E-state index contributed by atoms with van der Waals surface area (Å²) in [6, 6.07) is 10.6. The maximum Gasteiger partial charge on any atom is 0.130 e. The molecule has 2 aromatic rings. The third-order valence-corrected chi connectivity index (χ3v) is 5.21. The molecule has 0 N–H and O–H groups in total. The lowest BCUT2D eigenvalue weighted by Gasteiger charge is -2.17. The summed E-state index contributed by atoms with van der Waals surface area (Å²) >= 11 is 5.74. The average molecular weight is 391 g/mol. The second kappa shape index (κ2) is 12.9. The first kappa shape index (κ1) is 21.9. The number of alkyl halides is 1. The van der Waals surface area contributed by atoms with Crippen molar-refractivity contribution in [3.8, 4) is 11.5 Å². The first-order valence-corrected chi connectivity index (χ1v) is 11.2. The van der Waals surface area contributed by atoms with Gasteiger partial charge in [-0.1, -0.05) is 70.2 Å². The van der Waals surface area contributed by atoms with Crippen LogP contribution in [0.5, 0.6) is 11.5 Å². The third kappa shape index (κ3) is 6.92. The molecule has 0 aliphatic heterocycles. The summed E-state index contributed by atoms with van der Waals surface area (Å²) in [6.45, 7) is 5.97. The molecule has 0 heterocycles. The van der Waals surface area contributed by atoms with Gasteiger partial charge in [0.1, 0.15) is 11.5 Å². The van der Waals surface area contributed by atoms with E-state index < -0.39 is 0 Å². The van der Waals surface area contributed by atoms with Crippen LogP contribution in [0, 0.1) is 0 Å². The number of halogens is 1. The summed E-state index contributed by atoms with van der Waals surface area (Å²) in [6.07, 6.45) is 10.3. The van der Waals surface area contributed by atoms with Crippen molar-refractivity contribution >= 4 is 22.4 Å². The Kier molecular flexibility index (Phi) is 10.4. The van der Waals surface area contributed by atoms with Gasteiger partial charge in [0, 0.05) is 16.7 Å². The lowest BCUT2D eigenvalue weighted by molar-refractivity contribution is 0.299. The van der Waals surface area contributed by atoms with Crippen LogP contribution in [0.4, 0.5) is 0 Å². The second-order valence-electron chi connectivity index (χ2n) is 7.12. The lowest BCUT2D eigenvalue weighted by atomic mass is 10.0. The molecule has 0 saturated carbocycles. The molecule has 2 aromatic carbocycles. The van der Waals surface area contributed by atoms with Crippen molar-refractivity contribution in [1.82, 2.24) is 0 Å². The van der Waals surface area contributed by atoms with Crippen molar-refractivity contribution in [2.75, 3.05) is 19.1 Å². The average Bonchev–Trinajstić information content (AvgIpc) is 2.71. The van der Waals surface area contributed by atoms with E-state index in [2.05, 4.69) is 44.2 Å². The number of hydrogen-bond donors (Lipinski definition) is 0. The first-order chi connectivity index (χ1) is 13.3. The van der Waals surface area contributed by atoms with Crippen LogP contribution in [0.3, 0.4) is 0 Å². The molecule has 0 spiro atoms. The quantitative estimate of drug-likeness (QED) is 0.245. The Bertz CT molecular complexity index is 669. The third-order valence-electron chi connectivity index (χ3n) is 4.94. The molecule has 150 valence electrons. The molecule has 2 rings (SSSR count). The van der Waals surface area contributed by atoms with Gasteiger partial charge in [-0.05, 0) is 37.3 Å². The summed E-state index contributed by atoms with van der Waals surface area (Å²) < 4.78 is 12.4. The van der Waals surface area contributed by atoms with Gasteiger partial charge in [-0.15, -0.1) is 11.6 Å². The Balaban J connectivity index is 2.09. The van der Waals surface area contributed by atoms with E-state index in [-0.39, 0.29) is 0 Å². The minimum atomic E-state index is 0.755. The largest absolute Gasteiger partial charge is 0.493 e. The standard InChI is InChI=1S/C24H35ClO2/c1-3-5-6-12-18-27-24-20(4-2)19-23(21-14-9-10-15-22(21)24)26-17-13-8-7-11-16-25/h9-10,14-15,19H,3-8,11-13,16-18H2,1-2H3. The molecule has 0 fully saturated rings. The van der Waals surface area contributed by atoms with Crippen molar-refractivity contribution in [1.29, 1.82) is 0 Å². The number of fused-ring (bicyclic) bond motifs is 1. The Hall–Kier alpha value is -1.41. The van der Waals surface area contributed by atoms with Gasteiger partial charge in [0.05, 0.1) is 13.2 Å². The molecular weight excluding hydrogens is 356 g/mol. The zero-order valence-electron chi connectivity index (χ0n) is 17.1. The van der Waals surface area contributed by atoms with Gasteiger partial charge >= 0.3 is 0 Å². The molecule has 0 saturated heterocycles. The molecule has 0 radical (unpaired) electrons. The van der Waals surface area contributed by atoms with Crippen LogP contribution in [0.1, 0.15) is 70.8 Å². The minimum absolute atomic E-state index is 0.755. The summed E-state index contributed by atoms with van der Waals surface area (Å²) in [5, 5.41) is 2.32. The van der Waals surface area contributed by atoms with Crippen molar-refractivity contribution < 1.29 is 9.47 Å². The Morgan fingerprint density at radius 2 is 1.44 bits per heavy atom. The summed E-state index contributed by atoms with van der Waals surface area (Å²) in [7, 11) is 0. The monoisotopic (exact) mass is 390 g/mol. The van der Waals surface area contributed by atoms with E-state index in [0.29, 0.717) is 0 Å². The van der Waals surface area contributed by atoms with Crippen LogP contribution in [-0.2, 0) is 6.42 Å². The molecule has 0 aromatic heterocycles. The Morgan fingerprint density at radius 3 is 2.15 bits per heavy atom. The Morgan fingerprint density at radius 1 is 0.778 bits per heavy atom. The van der Waals surface area contributed by atoms with Crippen LogP contribution in [0.25, 0.3) is 10.8 Å². The molecule has 27 heavy (non-hydrogen) atoms. The maximum absolute atomic E-state index is 6.24. The van der Waals surface area contributed by atoms with Crippen molar-refractivity contribution in [2.24, 2.45) is 0 Å². The highest BCUT2D eigenvalue weighted by molar-refractivity contribution is 6.17. The van der Waals surface area contributed by atoms with Crippen LogP contribution in [0.2, 0.25) is 0 Å². The van der Waals surface area contributed by atoms with E-state index >= 15 is 0 Å². The highest BCUT2D eigenvalue weighted by Crippen LogP contribution is 2.37. The fourth-order valence-electron chi connectivity index (χ4n) is 3.36. The predicted octanol–water partition coefficient (Wildman–Crippen LogP) is 7.54. The molecule has 0 aliphatic rings. The van der Waals surface area contributed by atoms with E-state index in [1.54, 1.807) is 0 Å². The smallest absolute Gasteiger partial charge is 0.130 e. The maximum atomic E-state index is 6.24. The normalized spacial score (nSPS) is 11.1. The molecule has 0 atom stereocenters. The number of ether oxygens (including phenoxy) is 2. The molecule has 0 unspecified atom stereocenters. The highest BCUT2D eigenvalue weighted by Gasteiger charge is 2.13. The molecule has 2 nitrogen and oxygen atoms in total. The van der Waals surface area contributed by atoms with E-state index in [1.807, 2.05) is 0 Å². The Labute approximate surface area is 170 Å². The van der Waals surface area contributed by atoms with Crippen LogP contribution in [0.15, 0.2) is 30.3 Å². The van der Waals surface area contributed by atoms with Crippen molar-refractivity contribution in [3.05, 3.63) is 35.9 Å². The number of unbranched alkanes of at least 4 members (excludes halogenated alkanes) is 6. The lowest BCUT2D eigenvalue weighted by Crippen LogP contribution is -2.03. The summed E-state index contributed by atoms with van der Waals surface area (Å²) in [5.74, 6) is 2.78. The second-order valence-corrected chi connectivity index (χ2v) is 7.50. The number of hydrogen-bond acceptors (Lipinski definition) is 2. The highest BCUT2D eigenvalue weighted by atomic mass is 35.5. The molecule has 3 heteroatoms. The van der Waals surface area contributed by atoms with Crippen molar-refractivity contribution in [2.45, 2.75) is 71.6 Å². The summed E-state index contributed by atoms with van der Waals surface area (Å²) in [4.78, 5) is 0. The summed E-state index contributed by atoms with van der Waals surface area (Å²) in [5.41, 5.74) is 1.24. The topological polar surface area (TPSA) is 18.5 Å². The van der Waals surface area contributed by atoms with Crippen LogP contribution < -0.4 is 9.47 Å². The van der Waals surface area contributed by atoms with E-state index in [4.69, 9.17) is 21.1 Å². The zero-order valence-corrected chi connectivity index (χ0v) is 17.8. The fourth-order valence-corrected chi connectivity index (χ4v) is 3.55. The van der Waals surface area contributed by atoms with Crippen molar-refractivity contribution in [3.63, 3.8) is 0 Å². The van der Waals surface area contributed by atoms with Gasteiger partial charge in [0.15, 0.2) is 0 Å². The van der Waals surface area contributed by atoms with Gasteiger partial charge in [-0.2, -0.15) is 0 Å². The minimum Gasteiger partial charge on any atom is -0.493 e. The van der Waals surface area contributed by atoms with Crippen LogP contribution in [-0.4, -0.2) is 19.1 Å². The number of rotatable bonds is 14. The van der Waals surface area contributed by atoms with Gasteiger partial charge in [0.25, 0.3) is 0 Å². The van der Waals surface area contributed by atoms with Crippen LogP contribution >= 0.6 is 11.6 Å². The SMILES string of the molecule is CCCCCCOc1c(CC)cc(OCCCCCCCl)c2ccccc12. The van der Waals surface area contributed by atoms with E-state index in [9.17, 15) is 0 Å². The number of aryl methyl sites for hydroxylation is 1. The molecular formula is C24H35ClO2. The van der Waals surface area contributed by atoms with E-state index in [0.717, 1.165) is 61.7 Å². The molecule has 0 bridgehead atoms.